The number of benzene rings is 1. The van der Waals surface area contributed by atoms with Gasteiger partial charge >= 0.3 is 0 Å². The molecule has 2 atom stereocenters. The molecule has 1 aliphatic heterocycles. The summed E-state index contributed by atoms with van der Waals surface area (Å²) in [7, 11) is 3.26. The maximum absolute atomic E-state index is 6.10. The molecule has 1 aromatic carbocycles. The standard InChI is InChI=1S/C13H19NO3/c1-15-11-7-3-5-9(13(11)16-2)12-10(14)6-4-8-17-12/h3,5,7,10,12H,4,6,8,14H2,1-2H3. The molecule has 2 unspecified atom stereocenters. The third-order valence-electron chi connectivity index (χ3n) is 3.11. The SMILES string of the molecule is COc1cccc(C2OCCCC2N)c1OC. The van der Waals surface area contributed by atoms with Crippen LogP contribution < -0.4 is 15.2 Å². The Bertz CT molecular complexity index is 381. The van der Waals surface area contributed by atoms with E-state index in [1.807, 2.05) is 18.2 Å². The van der Waals surface area contributed by atoms with Crippen molar-refractivity contribution in [3.63, 3.8) is 0 Å². The number of ether oxygens (including phenoxy) is 3. The van der Waals surface area contributed by atoms with Crippen LogP contribution in [-0.4, -0.2) is 26.9 Å². The zero-order valence-electron chi connectivity index (χ0n) is 10.3. The van der Waals surface area contributed by atoms with Crippen molar-refractivity contribution in [2.24, 2.45) is 5.73 Å². The molecule has 1 aromatic rings. The molecule has 2 rings (SSSR count). The number of nitrogens with two attached hydrogens (primary N) is 1. The van der Waals surface area contributed by atoms with Gasteiger partial charge in [-0.25, -0.2) is 0 Å². The van der Waals surface area contributed by atoms with E-state index in [2.05, 4.69) is 0 Å². The maximum atomic E-state index is 6.10. The molecule has 0 spiro atoms. The van der Waals surface area contributed by atoms with Gasteiger partial charge in [0.1, 0.15) is 6.10 Å². The van der Waals surface area contributed by atoms with E-state index in [1.54, 1.807) is 14.2 Å². The molecule has 0 radical (unpaired) electrons. The van der Waals surface area contributed by atoms with E-state index >= 15 is 0 Å². The topological polar surface area (TPSA) is 53.7 Å². The van der Waals surface area contributed by atoms with Crippen molar-refractivity contribution in [1.29, 1.82) is 0 Å². The average Bonchev–Trinajstić information content (AvgIpc) is 2.38. The van der Waals surface area contributed by atoms with Crippen LogP contribution in [0.3, 0.4) is 0 Å². The second-order valence-corrected chi connectivity index (χ2v) is 4.18. The Hall–Kier alpha value is -1.26. The van der Waals surface area contributed by atoms with Gasteiger partial charge in [-0.2, -0.15) is 0 Å². The fraction of sp³-hybridized carbons (Fsp3) is 0.538. The normalized spacial score (nSPS) is 24.4. The van der Waals surface area contributed by atoms with Crippen molar-refractivity contribution in [1.82, 2.24) is 0 Å². The highest BCUT2D eigenvalue weighted by Crippen LogP contribution is 2.38. The highest BCUT2D eigenvalue weighted by atomic mass is 16.5. The summed E-state index contributed by atoms with van der Waals surface area (Å²) in [6, 6.07) is 5.81. The third-order valence-corrected chi connectivity index (χ3v) is 3.11. The van der Waals surface area contributed by atoms with Crippen LogP contribution in [0.25, 0.3) is 0 Å². The number of hydrogen-bond acceptors (Lipinski definition) is 4. The van der Waals surface area contributed by atoms with Gasteiger partial charge < -0.3 is 19.9 Å². The smallest absolute Gasteiger partial charge is 0.166 e. The lowest BCUT2D eigenvalue weighted by Gasteiger charge is -2.30. The molecular weight excluding hydrogens is 218 g/mol. The minimum absolute atomic E-state index is 0.0183. The molecule has 1 heterocycles. The fourth-order valence-electron chi connectivity index (χ4n) is 2.26. The van der Waals surface area contributed by atoms with E-state index < -0.39 is 0 Å². The summed E-state index contributed by atoms with van der Waals surface area (Å²) in [4.78, 5) is 0. The van der Waals surface area contributed by atoms with E-state index in [0.29, 0.717) is 5.75 Å². The monoisotopic (exact) mass is 237 g/mol. The summed E-state index contributed by atoms with van der Waals surface area (Å²) in [6.45, 7) is 0.749. The minimum atomic E-state index is -0.103. The summed E-state index contributed by atoms with van der Waals surface area (Å²) >= 11 is 0. The molecule has 4 heteroatoms. The van der Waals surface area contributed by atoms with Gasteiger partial charge in [-0.3, -0.25) is 0 Å². The number of rotatable bonds is 3. The lowest BCUT2D eigenvalue weighted by Crippen LogP contribution is -2.34. The lowest BCUT2D eigenvalue weighted by atomic mass is 9.96. The van der Waals surface area contributed by atoms with Crippen molar-refractivity contribution < 1.29 is 14.2 Å². The van der Waals surface area contributed by atoms with Crippen LogP contribution in [0.5, 0.6) is 11.5 Å². The first-order chi connectivity index (χ1) is 8.27. The van der Waals surface area contributed by atoms with E-state index in [-0.39, 0.29) is 12.1 Å². The molecule has 2 N–H and O–H groups in total. The predicted molar refractivity (Wildman–Crippen MR) is 65.4 cm³/mol. The molecular formula is C13H19NO3. The van der Waals surface area contributed by atoms with E-state index in [1.165, 1.54) is 0 Å². The van der Waals surface area contributed by atoms with E-state index in [9.17, 15) is 0 Å². The lowest BCUT2D eigenvalue weighted by molar-refractivity contribution is -0.00130. The van der Waals surface area contributed by atoms with Gasteiger partial charge in [0.05, 0.1) is 14.2 Å². The summed E-state index contributed by atoms with van der Waals surface area (Å²) in [5, 5.41) is 0. The van der Waals surface area contributed by atoms with E-state index in [0.717, 1.165) is 30.8 Å². The first-order valence-electron chi connectivity index (χ1n) is 5.86. The van der Waals surface area contributed by atoms with E-state index in [4.69, 9.17) is 19.9 Å². The van der Waals surface area contributed by atoms with Crippen LogP contribution in [0.4, 0.5) is 0 Å². The van der Waals surface area contributed by atoms with Gasteiger partial charge in [0.25, 0.3) is 0 Å². The number of para-hydroxylation sites is 1. The molecule has 94 valence electrons. The van der Waals surface area contributed by atoms with Crippen molar-refractivity contribution >= 4 is 0 Å². The predicted octanol–water partition coefficient (Wildman–Crippen LogP) is 1.88. The quantitative estimate of drug-likeness (QED) is 0.872. The van der Waals surface area contributed by atoms with Crippen LogP contribution in [0.15, 0.2) is 18.2 Å². The van der Waals surface area contributed by atoms with Crippen LogP contribution in [-0.2, 0) is 4.74 Å². The molecule has 0 saturated carbocycles. The van der Waals surface area contributed by atoms with Gasteiger partial charge in [-0.15, -0.1) is 0 Å². The minimum Gasteiger partial charge on any atom is -0.493 e. The van der Waals surface area contributed by atoms with Crippen LogP contribution >= 0.6 is 0 Å². The summed E-state index contributed by atoms with van der Waals surface area (Å²) in [5.41, 5.74) is 7.08. The Morgan fingerprint density at radius 3 is 2.76 bits per heavy atom. The summed E-state index contributed by atoms with van der Waals surface area (Å²) < 4.78 is 16.4. The zero-order chi connectivity index (χ0) is 12.3. The molecule has 4 nitrogen and oxygen atoms in total. The second-order valence-electron chi connectivity index (χ2n) is 4.18. The first-order valence-corrected chi connectivity index (χ1v) is 5.86. The Morgan fingerprint density at radius 2 is 2.12 bits per heavy atom. The van der Waals surface area contributed by atoms with Crippen molar-refractivity contribution in [3.05, 3.63) is 23.8 Å². The molecule has 17 heavy (non-hydrogen) atoms. The Morgan fingerprint density at radius 1 is 1.29 bits per heavy atom. The summed E-state index contributed by atoms with van der Waals surface area (Å²) in [5.74, 6) is 1.43. The van der Waals surface area contributed by atoms with Gasteiger partial charge in [0.15, 0.2) is 11.5 Å². The largest absolute Gasteiger partial charge is 0.493 e. The molecule has 1 saturated heterocycles. The molecule has 1 fully saturated rings. The molecule has 0 amide bonds. The number of hydrogen-bond donors (Lipinski definition) is 1. The second kappa shape index (κ2) is 5.38. The van der Waals surface area contributed by atoms with Gasteiger partial charge in [0, 0.05) is 18.2 Å². The highest BCUT2D eigenvalue weighted by Gasteiger charge is 2.28. The Kier molecular flexibility index (Phi) is 3.86. The van der Waals surface area contributed by atoms with Crippen LogP contribution in [0, 0.1) is 0 Å². The first kappa shape index (κ1) is 12.2. The Labute approximate surface area is 102 Å². The highest BCUT2D eigenvalue weighted by molar-refractivity contribution is 5.48. The Balaban J connectivity index is 2.36. The van der Waals surface area contributed by atoms with Crippen molar-refractivity contribution in [2.75, 3.05) is 20.8 Å². The zero-order valence-corrected chi connectivity index (χ0v) is 10.3. The van der Waals surface area contributed by atoms with Crippen molar-refractivity contribution in [2.45, 2.75) is 25.0 Å². The van der Waals surface area contributed by atoms with Crippen molar-refractivity contribution in [3.8, 4) is 11.5 Å². The molecule has 0 bridgehead atoms. The molecule has 0 aromatic heterocycles. The molecule has 1 aliphatic rings. The third kappa shape index (κ3) is 2.37. The number of methoxy groups -OCH3 is 2. The maximum Gasteiger partial charge on any atom is 0.166 e. The molecule has 0 aliphatic carbocycles. The van der Waals surface area contributed by atoms with Crippen LogP contribution in [0.1, 0.15) is 24.5 Å². The summed E-state index contributed by atoms with van der Waals surface area (Å²) in [6.07, 6.45) is 1.89. The van der Waals surface area contributed by atoms with Gasteiger partial charge in [0.2, 0.25) is 0 Å². The van der Waals surface area contributed by atoms with Crippen LogP contribution in [0.2, 0.25) is 0 Å². The fourth-order valence-corrected chi connectivity index (χ4v) is 2.26. The average molecular weight is 237 g/mol. The van der Waals surface area contributed by atoms with Gasteiger partial charge in [-0.1, -0.05) is 12.1 Å². The van der Waals surface area contributed by atoms with Gasteiger partial charge in [-0.05, 0) is 18.9 Å².